The molecule has 0 unspecified atom stereocenters. The van der Waals surface area contributed by atoms with Gasteiger partial charge in [0.2, 0.25) is 0 Å². The van der Waals surface area contributed by atoms with Crippen LogP contribution < -0.4 is 9.88 Å². The summed E-state index contributed by atoms with van der Waals surface area (Å²) in [6.07, 6.45) is 0. The highest BCUT2D eigenvalue weighted by atomic mass is 35.5. The molecule has 0 bridgehead atoms. The Labute approximate surface area is 148 Å². The summed E-state index contributed by atoms with van der Waals surface area (Å²) in [4.78, 5) is 15.9. The maximum Gasteiger partial charge on any atom is 0.356 e. The van der Waals surface area contributed by atoms with Crippen LogP contribution in [0, 0.1) is 0 Å². The molecule has 24 heavy (non-hydrogen) atoms. The highest BCUT2D eigenvalue weighted by Gasteiger charge is 2.21. The summed E-state index contributed by atoms with van der Waals surface area (Å²) in [7, 11) is 0. The van der Waals surface area contributed by atoms with E-state index in [9.17, 15) is 4.79 Å². The van der Waals surface area contributed by atoms with Gasteiger partial charge in [0.1, 0.15) is 17.6 Å². The van der Waals surface area contributed by atoms with Crippen molar-refractivity contribution >= 4 is 46.0 Å². The molecule has 0 fully saturated rings. The lowest BCUT2D eigenvalue weighted by Crippen LogP contribution is -2.40. The third kappa shape index (κ3) is 3.38. The maximum atomic E-state index is 12.7. The van der Waals surface area contributed by atoms with Crippen LogP contribution in [0.1, 0.15) is 10.4 Å². The van der Waals surface area contributed by atoms with Crippen LogP contribution in [0.25, 0.3) is 11.0 Å². The lowest BCUT2D eigenvalue weighted by atomic mass is 10.1. The number of fused-ring (bicyclic) bond motifs is 1. The molecule has 7 heteroatoms. The van der Waals surface area contributed by atoms with E-state index < -0.39 is 0 Å². The average molecular weight is 365 g/mol. The minimum atomic E-state index is -0.126. The largest absolute Gasteiger partial charge is 0.393 e. The van der Waals surface area contributed by atoms with E-state index in [0.29, 0.717) is 28.1 Å². The van der Waals surface area contributed by atoms with Gasteiger partial charge in [0.05, 0.1) is 18.2 Å². The third-order valence-electron chi connectivity index (χ3n) is 3.66. The molecular formula is C17H16Cl2N3O2+. The fourth-order valence-corrected chi connectivity index (χ4v) is 3.07. The summed E-state index contributed by atoms with van der Waals surface area (Å²) in [6, 6.07) is 12.5. The quantitative estimate of drug-likeness (QED) is 0.465. The Morgan fingerprint density at radius 2 is 2.00 bits per heavy atom. The van der Waals surface area contributed by atoms with Gasteiger partial charge in [-0.15, -0.1) is 0 Å². The summed E-state index contributed by atoms with van der Waals surface area (Å²) in [5.74, 6) is 0.530. The number of aromatic amines is 1. The van der Waals surface area contributed by atoms with Crippen molar-refractivity contribution in [2.45, 2.75) is 6.54 Å². The first-order chi connectivity index (χ1) is 11.6. The number of imidazole rings is 1. The van der Waals surface area contributed by atoms with E-state index in [0.717, 1.165) is 11.0 Å². The van der Waals surface area contributed by atoms with Crippen LogP contribution in [0.15, 0.2) is 42.5 Å². The number of hydrogen-bond acceptors (Lipinski definition) is 3. The predicted molar refractivity (Wildman–Crippen MR) is 94.9 cm³/mol. The topological polar surface area (TPSA) is 69.0 Å². The van der Waals surface area contributed by atoms with Gasteiger partial charge in [-0.3, -0.25) is 10.1 Å². The van der Waals surface area contributed by atoms with Crippen molar-refractivity contribution in [1.82, 2.24) is 4.98 Å². The molecular weight excluding hydrogens is 349 g/mol. The molecule has 0 aliphatic rings. The van der Waals surface area contributed by atoms with Crippen molar-refractivity contribution in [1.29, 1.82) is 0 Å². The average Bonchev–Trinajstić information content (AvgIpc) is 2.90. The van der Waals surface area contributed by atoms with Crippen molar-refractivity contribution in [2.75, 3.05) is 18.5 Å². The molecule has 3 N–H and O–H groups in total. The molecule has 2 aromatic carbocycles. The Kier molecular flexibility index (Phi) is 5.04. The van der Waals surface area contributed by atoms with E-state index in [1.165, 1.54) is 0 Å². The van der Waals surface area contributed by atoms with Crippen LogP contribution in [0.5, 0.6) is 0 Å². The van der Waals surface area contributed by atoms with Crippen LogP contribution in [0.2, 0.25) is 10.0 Å². The van der Waals surface area contributed by atoms with Gasteiger partial charge in [-0.2, -0.15) is 0 Å². The number of para-hydroxylation sites is 2. The minimum Gasteiger partial charge on any atom is -0.393 e. The first-order valence-corrected chi connectivity index (χ1v) is 8.19. The molecule has 0 radical (unpaired) electrons. The van der Waals surface area contributed by atoms with Gasteiger partial charge < -0.3 is 5.11 Å². The molecule has 1 aromatic heterocycles. The van der Waals surface area contributed by atoms with E-state index >= 15 is 0 Å². The lowest BCUT2D eigenvalue weighted by molar-refractivity contribution is -0.642. The van der Waals surface area contributed by atoms with Crippen LogP contribution in [0.4, 0.5) is 5.95 Å². The van der Waals surface area contributed by atoms with Crippen molar-refractivity contribution in [3.05, 3.63) is 58.1 Å². The SMILES string of the molecule is O=C(C[n+]1c(NCCO)[nH]c2ccccc21)c1ccc(Cl)cc1Cl. The Morgan fingerprint density at radius 1 is 1.21 bits per heavy atom. The number of H-pyrrole nitrogens is 1. The van der Waals surface area contributed by atoms with Gasteiger partial charge in [0, 0.05) is 10.6 Å². The predicted octanol–water partition coefficient (Wildman–Crippen LogP) is 3.05. The highest BCUT2D eigenvalue weighted by Crippen LogP contribution is 2.22. The molecule has 0 saturated heterocycles. The number of benzene rings is 2. The number of aromatic nitrogens is 2. The molecule has 0 atom stereocenters. The second-order valence-electron chi connectivity index (χ2n) is 5.27. The fourth-order valence-electron chi connectivity index (χ4n) is 2.55. The number of hydrogen-bond donors (Lipinski definition) is 3. The molecule has 0 aliphatic heterocycles. The summed E-state index contributed by atoms with van der Waals surface area (Å²) >= 11 is 12.0. The number of carbonyl (C=O) groups excluding carboxylic acids is 1. The fraction of sp³-hybridized carbons (Fsp3) is 0.176. The van der Waals surface area contributed by atoms with Crippen LogP contribution in [0.3, 0.4) is 0 Å². The summed E-state index contributed by atoms with van der Waals surface area (Å²) in [6.45, 7) is 0.480. The summed E-state index contributed by atoms with van der Waals surface area (Å²) in [5.41, 5.74) is 2.20. The first kappa shape index (κ1) is 16.8. The number of carbonyl (C=O) groups is 1. The zero-order valence-corrected chi connectivity index (χ0v) is 14.2. The van der Waals surface area contributed by atoms with Crippen molar-refractivity contribution in [3.8, 4) is 0 Å². The second kappa shape index (κ2) is 7.21. The number of nitrogens with one attached hydrogen (secondary N) is 2. The number of rotatable bonds is 6. The summed E-state index contributed by atoms with van der Waals surface area (Å²) < 4.78 is 1.83. The van der Waals surface area contributed by atoms with Gasteiger partial charge in [-0.25, -0.2) is 9.55 Å². The Balaban J connectivity index is 1.97. The second-order valence-corrected chi connectivity index (χ2v) is 6.12. The number of halogens is 2. The molecule has 3 rings (SSSR count). The number of ketones is 1. The number of anilines is 1. The van der Waals surface area contributed by atoms with Crippen molar-refractivity contribution in [2.24, 2.45) is 0 Å². The molecule has 3 aromatic rings. The van der Waals surface area contributed by atoms with E-state index in [1.54, 1.807) is 18.2 Å². The van der Waals surface area contributed by atoms with Crippen LogP contribution in [-0.4, -0.2) is 29.0 Å². The third-order valence-corrected chi connectivity index (χ3v) is 4.20. The van der Waals surface area contributed by atoms with E-state index in [-0.39, 0.29) is 18.9 Å². The van der Waals surface area contributed by atoms with E-state index in [4.69, 9.17) is 28.3 Å². The molecule has 1 heterocycles. The zero-order chi connectivity index (χ0) is 17.1. The number of aliphatic hydroxyl groups excluding tert-OH is 1. The van der Waals surface area contributed by atoms with Gasteiger partial charge in [-0.05, 0) is 30.3 Å². The lowest BCUT2D eigenvalue weighted by Gasteiger charge is -2.06. The van der Waals surface area contributed by atoms with Crippen molar-refractivity contribution < 1.29 is 14.5 Å². The normalized spacial score (nSPS) is 11.0. The smallest absolute Gasteiger partial charge is 0.356 e. The minimum absolute atomic E-state index is 0.00761. The van der Waals surface area contributed by atoms with Crippen LogP contribution in [-0.2, 0) is 6.54 Å². The Hall–Kier alpha value is -2.08. The standard InChI is InChI=1S/C17H15Cl2N3O2/c18-11-5-6-12(13(19)9-11)16(24)10-22-15-4-2-1-3-14(15)21-17(22)20-7-8-23/h1-6,9,23H,7-8,10H2,(H,20,21)/p+1. The van der Waals surface area contributed by atoms with E-state index in [1.807, 2.05) is 28.8 Å². The van der Waals surface area contributed by atoms with Gasteiger partial charge in [0.25, 0.3) is 0 Å². The van der Waals surface area contributed by atoms with Crippen molar-refractivity contribution in [3.63, 3.8) is 0 Å². The molecule has 0 spiro atoms. The first-order valence-electron chi connectivity index (χ1n) is 7.43. The number of nitrogens with zero attached hydrogens (tertiary/aromatic N) is 1. The van der Waals surface area contributed by atoms with Gasteiger partial charge in [0.15, 0.2) is 5.78 Å². The highest BCUT2D eigenvalue weighted by molar-refractivity contribution is 6.36. The van der Waals surface area contributed by atoms with E-state index in [2.05, 4.69) is 10.3 Å². The molecule has 0 saturated carbocycles. The maximum absolute atomic E-state index is 12.7. The van der Waals surface area contributed by atoms with Gasteiger partial charge >= 0.3 is 5.95 Å². The molecule has 5 nitrogen and oxygen atoms in total. The molecule has 0 amide bonds. The van der Waals surface area contributed by atoms with Crippen LogP contribution >= 0.6 is 23.2 Å². The van der Waals surface area contributed by atoms with Gasteiger partial charge in [-0.1, -0.05) is 35.3 Å². The monoisotopic (exact) mass is 364 g/mol. The number of aliphatic hydroxyl groups is 1. The molecule has 124 valence electrons. The Morgan fingerprint density at radius 3 is 2.75 bits per heavy atom. The summed E-state index contributed by atoms with van der Waals surface area (Å²) in [5, 5.41) is 12.9. The zero-order valence-electron chi connectivity index (χ0n) is 12.7. The molecule has 0 aliphatic carbocycles. The Bertz CT molecular complexity index is 893. The number of Topliss-reactive ketones (excluding diaryl/α,β-unsaturated/α-hetero) is 1.